The lowest BCUT2D eigenvalue weighted by atomic mass is 10.1. The maximum atomic E-state index is 5.77. The monoisotopic (exact) mass is 275 g/mol. The minimum Gasteiger partial charge on any atom is -0.489 e. The molecule has 0 aliphatic rings. The first-order valence-corrected chi connectivity index (χ1v) is 6.71. The molecule has 1 aromatic carbocycles. The molecule has 2 rings (SSSR count). The number of aryl methyl sites for hydroxylation is 1. The smallest absolute Gasteiger partial charge is 0.142 e. The Morgan fingerprint density at radius 1 is 1.25 bits per heavy atom. The maximum absolute atomic E-state index is 5.77. The fourth-order valence-electron chi connectivity index (χ4n) is 1.94. The summed E-state index contributed by atoms with van der Waals surface area (Å²) < 4.78 is 15.9. The zero-order valence-electron chi connectivity index (χ0n) is 12.2. The van der Waals surface area contributed by atoms with Crippen LogP contribution < -0.4 is 10.1 Å². The molecule has 2 aromatic rings. The van der Waals surface area contributed by atoms with E-state index < -0.39 is 0 Å². The number of nitrogens with one attached hydrogen (secondary N) is 1. The largest absolute Gasteiger partial charge is 0.489 e. The predicted molar refractivity (Wildman–Crippen MR) is 79.3 cm³/mol. The van der Waals surface area contributed by atoms with Crippen LogP contribution >= 0.6 is 0 Å². The van der Waals surface area contributed by atoms with Gasteiger partial charge in [0.05, 0.1) is 30.9 Å². The van der Waals surface area contributed by atoms with Crippen LogP contribution in [-0.2, 0) is 4.74 Å². The van der Waals surface area contributed by atoms with Crippen molar-refractivity contribution in [2.45, 2.75) is 19.9 Å². The second-order valence-electron chi connectivity index (χ2n) is 4.76. The van der Waals surface area contributed by atoms with Crippen molar-refractivity contribution in [3.63, 3.8) is 0 Å². The van der Waals surface area contributed by atoms with Gasteiger partial charge in [-0.3, -0.25) is 0 Å². The Bertz CT molecular complexity index is 523. The zero-order valence-corrected chi connectivity index (χ0v) is 12.2. The van der Waals surface area contributed by atoms with E-state index in [4.69, 9.17) is 13.9 Å². The lowest BCUT2D eigenvalue weighted by molar-refractivity contribution is 0.146. The summed E-state index contributed by atoms with van der Waals surface area (Å²) >= 11 is 0. The Kier molecular flexibility index (Phi) is 5.07. The average molecular weight is 275 g/mol. The molecule has 0 radical (unpaired) electrons. The zero-order chi connectivity index (χ0) is 14.4. The molecule has 0 amide bonds. The fourth-order valence-corrected chi connectivity index (χ4v) is 1.94. The van der Waals surface area contributed by atoms with Gasteiger partial charge >= 0.3 is 0 Å². The van der Waals surface area contributed by atoms with Crippen LogP contribution in [0.2, 0.25) is 0 Å². The molecular weight excluding hydrogens is 254 g/mol. The summed E-state index contributed by atoms with van der Waals surface area (Å²) in [6.07, 6.45) is 3.43. The molecule has 1 heterocycles. The molecule has 0 aliphatic heterocycles. The van der Waals surface area contributed by atoms with Gasteiger partial charge in [-0.2, -0.15) is 0 Å². The van der Waals surface area contributed by atoms with Crippen LogP contribution in [0.5, 0.6) is 5.75 Å². The van der Waals surface area contributed by atoms with E-state index in [0.717, 1.165) is 17.0 Å². The first kappa shape index (κ1) is 14.5. The van der Waals surface area contributed by atoms with Crippen molar-refractivity contribution >= 4 is 5.69 Å². The number of methoxy groups -OCH3 is 1. The topological polar surface area (TPSA) is 43.6 Å². The molecule has 1 aromatic heterocycles. The van der Waals surface area contributed by atoms with Crippen molar-refractivity contribution in [2.75, 3.05) is 25.6 Å². The predicted octanol–water partition coefficient (Wildman–Crippen LogP) is 3.79. The number of hydrogen-bond donors (Lipinski definition) is 1. The Labute approximate surface area is 119 Å². The Morgan fingerprint density at radius 2 is 2.10 bits per heavy atom. The van der Waals surface area contributed by atoms with E-state index in [1.807, 2.05) is 25.1 Å². The highest BCUT2D eigenvalue weighted by Crippen LogP contribution is 2.29. The summed E-state index contributed by atoms with van der Waals surface area (Å²) in [5, 5.41) is 3.44. The molecular formula is C16H21NO3. The third-order valence-electron chi connectivity index (χ3n) is 3.10. The van der Waals surface area contributed by atoms with Crippen LogP contribution in [0.4, 0.5) is 5.69 Å². The lowest BCUT2D eigenvalue weighted by Gasteiger charge is -2.18. The first-order chi connectivity index (χ1) is 9.70. The molecule has 4 heteroatoms. The number of ether oxygens (including phenoxy) is 2. The second kappa shape index (κ2) is 7.01. The molecule has 4 nitrogen and oxygen atoms in total. The van der Waals surface area contributed by atoms with Crippen LogP contribution in [-0.4, -0.2) is 20.3 Å². The van der Waals surface area contributed by atoms with Crippen molar-refractivity contribution in [3.05, 3.63) is 47.9 Å². The summed E-state index contributed by atoms with van der Waals surface area (Å²) in [7, 11) is 1.67. The Morgan fingerprint density at radius 3 is 2.80 bits per heavy atom. The SMILES string of the molecule is COCCOc1cc(C)ccc1NC(C)c1ccoc1. The summed E-state index contributed by atoms with van der Waals surface area (Å²) in [5.41, 5.74) is 3.24. The molecule has 0 saturated heterocycles. The number of rotatable bonds is 7. The van der Waals surface area contributed by atoms with E-state index in [9.17, 15) is 0 Å². The van der Waals surface area contributed by atoms with E-state index in [1.54, 1.807) is 19.6 Å². The normalized spacial score (nSPS) is 12.2. The summed E-state index contributed by atoms with van der Waals surface area (Å²) in [5.74, 6) is 0.845. The van der Waals surface area contributed by atoms with E-state index in [0.29, 0.717) is 13.2 Å². The molecule has 108 valence electrons. The van der Waals surface area contributed by atoms with Crippen LogP contribution in [0.25, 0.3) is 0 Å². The van der Waals surface area contributed by atoms with E-state index in [2.05, 4.69) is 18.3 Å². The van der Waals surface area contributed by atoms with Gasteiger partial charge in [0.15, 0.2) is 0 Å². The summed E-state index contributed by atoms with van der Waals surface area (Å²) in [6.45, 7) is 5.25. The number of benzene rings is 1. The van der Waals surface area contributed by atoms with Gasteiger partial charge in [0.1, 0.15) is 12.4 Å². The van der Waals surface area contributed by atoms with Crippen LogP contribution in [0, 0.1) is 6.92 Å². The van der Waals surface area contributed by atoms with Gasteiger partial charge in [0, 0.05) is 12.7 Å². The number of anilines is 1. The number of furan rings is 1. The molecule has 0 fully saturated rings. The van der Waals surface area contributed by atoms with Gasteiger partial charge in [0.2, 0.25) is 0 Å². The van der Waals surface area contributed by atoms with Crippen molar-refractivity contribution in [3.8, 4) is 5.75 Å². The summed E-state index contributed by atoms with van der Waals surface area (Å²) in [4.78, 5) is 0. The molecule has 0 spiro atoms. The van der Waals surface area contributed by atoms with Gasteiger partial charge < -0.3 is 19.2 Å². The third-order valence-corrected chi connectivity index (χ3v) is 3.10. The van der Waals surface area contributed by atoms with Gasteiger partial charge in [-0.05, 0) is 37.6 Å². The van der Waals surface area contributed by atoms with Crippen LogP contribution in [0.1, 0.15) is 24.1 Å². The van der Waals surface area contributed by atoms with Crippen molar-refractivity contribution in [2.24, 2.45) is 0 Å². The summed E-state index contributed by atoms with van der Waals surface area (Å²) in [6, 6.07) is 8.24. The van der Waals surface area contributed by atoms with Crippen molar-refractivity contribution < 1.29 is 13.9 Å². The quantitative estimate of drug-likeness (QED) is 0.781. The highest BCUT2D eigenvalue weighted by atomic mass is 16.5. The highest BCUT2D eigenvalue weighted by molar-refractivity contribution is 5.58. The molecule has 20 heavy (non-hydrogen) atoms. The van der Waals surface area contributed by atoms with Crippen LogP contribution in [0.15, 0.2) is 41.2 Å². The molecule has 0 saturated carbocycles. The molecule has 1 atom stereocenters. The van der Waals surface area contributed by atoms with E-state index in [1.165, 1.54) is 5.56 Å². The lowest BCUT2D eigenvalue weighted by Crippen LogP contribution is -2.10. The minimum atomic E-state index is 0.154. The van der Waals surface area contributed by atoms with Gasteiger partial charge in [-0.25, -0.2) is 0 Å². The minimum absolute atomic E-state index is 0.154. The fraction of sp³-hybridized carbons (Fsp3) is 0.375. The van der Waals surface area contributed by atoms with Crippen molar-refractivity contribution in [1.29, 1.82) is 0 Å². The second-order valence-corrected chi connectivity index (χ2v) is 4.76. The van der Waals surface area contributed by atoms with Gasteiger partial charge in [-0.1, -0.05) is 6.07 Å². The average Bonchev–Trinajstić information content (AvgIpc) is 2.96. The molecule has 0 bridgehead atoms. The Balaban J connectivity index is 2.09. The third kappa shape index (κ3) is 3.78. The van der Waals surface area contributed by atoms with Crippen molar-refractivity contribution in [1.82, 2.24) is 0 Å². The highest BCUT2D eigenvalue weighted by Gasteiger charge is 2.10. The molecule has 1 N–H and O–H groups in total. The van der Waals surface area contributed by atoms with E-state index in [-0.39, 0.29) is 6.04 Å². The van der Waals surface area contributed by atoms with Gasteiger partial charge in [-0.15, -0.1) is 0 Å². The Hall–Kier alpha value is -1.94. The molecule has 1 unspecified atom stereocenters. The van der Waals surface area contributed by atoms with E-state index >= 15 is 0 Å². The maximum Gasteiger partial charge on any atom is 0.142 e. The standard InChI is InChI=1S/C16H21NO3/c1-12-4-5-15(16(10-12)20-9-8-18-3)17-13(2)14-6-7-19-11-14/h4-7,10-11,13,17H,8-9H2,1-3H3. The van der Waals surface area contributed by atoms with Gasteiger partial charge in [0.25, 0.3) is 0 Å². The first-order valence-electron chi connectivity index (χ1n) is 6.71. The van der Waals surface area contributed by atoms with Crippen LogP contribution in [0.3, 0.4) is 0 Å². The molecule has 0 aliphatic carbocycles. The number of hydrogen-bond acceptors (Lipinski definition) is 4.